The van der Waals surface area contributed by atoms with Crippen molar-refractivity contribution < 1.29 is 18.9 Å². The van der Waals surface area contributed by atoms with Crippen LogP contribution in [0.2, 0.25) is 0 Å². The molecule has 0 aliphatic rings. The van der Waals surface area contributed by atoms with Crippen molar-refractivity contribution in [1.29, 1.82) is 0 Å². The zero-order valence-electron chi connectivity index (χ0n) is 9.10. The molecule has 1 aromatic heterocycles. The van der Waals surface area contributed by atoms with Crippen LogP contribution in [0.15, 0.2) is 12.3 Å². The minimum absolute atomic E-state index is 0.0515. The highest BCUT2D eigenvalue weighted by Crippen LogP contribution is 2.10. The molecule has 1 heterocycles. The SMILES string of the molecule is CC(=O)c1cc(C(=O)O)n(CCS(C)=O)c1. The summed E-state index contributed by atoms with van der Waals surface area (Å²) < 4.78 is 12.4. The highest BCUT2D eigenvalue weighted by Gasteiger charge is 2.14. The molecule has 1 N–H and O–H groups in total. The molecule has 1 unspecified atom stereocenters. The molecular formula is C10H13NO4S. The Bertz CT molecular complexity index is 450. The summed E-state index contributed by atoms with van der Waals surface area (Å²) in [4.78, 5) is 22.0. The Hall–Kier alpha value is -1.43. The van der Waals surface area contributed by atoms with E-state index in [0.717, 1.165) is 0 Å². The van der Waals surface area contributed by atoms with E-state index >= 15 is 0 Å². The lowest BCUT2D eigenvalue weighted by atomic mass is 10.2. The third-order valence-electron chi connectivity index (χ3n) is 2.14. The van der Waals surface area contributed by atoms with Crippen LogP contribution in [0.25, 0.3) is 0 Å². The Morgan fingerprint density at radius 3 is 2.56 bits per heavy atom. The summed E-state index contributed by atoms with van der Waals surface area (Å²) in [5.41, 5.74) is 0.412. The minimum Gasteiger partial charge on any atom is -0.477 e. The minimum atomic E-state index is -1.09. The summed E-state index contributed by atoms with van der Waals surface area (Å²) in [5.74, 6) is -0.903. The second-order valence-electron chi connectivity index (χ2n) is 3.45. The summed E-state index contributed by atoms with van der Waals surface area (Å²) in [6.45, 7) is 1.71. The fourth-order valence-electron chi connectivity index (χ4n) is 1.29. The average molecular weight is 243 g/mol. The zero-order chi connectivity index (χ0) is 12.3. The Morgan fingerprint density at radius 2 is 2.12 bits per heavy atom. The number of ketones is 1. The first kappa shape index (κ1) is 12.6. The van der Waals surface area contributed by atoms with Crippen LogP contribution in [-0.4, -0.2) is 37.6 Å². The van der Waals surface area contributed by atoms with Gasteiger partial charge in [-0.15, -0.1) is 0 Å². The van der Waals surface area contributed by atoms with Gasteiger partial charge in [-0.3, -0.25) is 9.00 Å². The molecule has 0 saturated heterocycles. The second kappa shape index (κ2) is 5.07. The van der Waals surface area contributed by atoms with Gasteiger partial charge in [0.25, 0.3) is 0 Å². The molecule has 0 aromatic carbocycles. The van der Waals surface area contributed by atoms with Gasteiger partial charge in [0.1, 0.15) is 5.69 Å². The van der Waals surface area contributed by atoms with E-state index in [4.69, 9.17) is 5.11 Å². The van der Waals surface area contributed by atoms with Crippen molar-refractivity contribution in [2.24, 2.45) is 0 Å². The summed E-state index contributed by atoms with van der Waals surface area (Å²) >= 11 is 0. The summed E-state index contributed by atoms with van der Waals surface area (Å²) in [6.07, 6.45) is 3.04. The molecule has 0 aliphatic carbocycles. The van der Waals surface area contributed by atoms with Gasteiger partial charge in [0.2, 0.25) is 0 Å². The first-order chi connectivity index (χ1) is 7.41. The molecule has 0 saturated carbocycles. The van der Waals surface area contributed by atoms with Gasteiger partial charge >= 0.3 is 5.97 Å². The number of hydrogen-bond donors (Lipinski definition) is 1. The van der Waals surface area contributed by atoms with E-state index in [1.807, 2.05) is 0 Å². The number of Topliss-reactive ketones (excluding diaryl/α,β-unsaturated/α-hetero) is 1. The number of carbonyl (C=O) groups is 2. The smallest absolute Gasteiger partial charge is 0.352 e. The van der Waals surface area contributed by atoms with Crippen LogP contribution >= 0.6 is 0 Å². The Kier molecular flexibility index (Phi) is 4.00. The Balaban J connectivity index is 3.00. The second-order valence-corrected chi connectivity index (χ2v) is 5.00. The number of aromatic nitrogens is 1. The van der Waals surface area contributed by atoms with Crippen LogP contribution in [0.3, 0.4) is 0 Å². The Labute approximate surface area is 95.5 Å². The van der Waals surface area contributed by atoms with Gasteiger partial charge in [-0.25, -0.2) is 4.79 Å². The highest BCUT2D eigenvalue weighted by molar-refractivity contribution is 7.84. The molecule has 0 radical (unpaired) electrons. The number of carboxylic acids is 1. The molecule has 0 bridgehead atoms. The van der Waals surface area contributed by atoms with Crippen LogP contribution in [0, 0.1) is 0 Å². The molecule has 1 atom stereocenters. The number of carbonyl (C=O) groups excluding carboxylic acids is 1. The van der Waals surface area contributed by atoms with E-state index in [0.29, 0.717) is 17.9 Å². The van der Waals surface area contributed by atoms with E-state index in [9.17, 15) is 13.8 Å². The normalized spacial score (nSPS) is 12.4. The first-order valence-corrected chi connectivity index (χ1v) is 6.39. The van der Waals surface area contributed by atoms with Gasteiger partial charge < -0.3 is 9.67 Å². The monoisotopic (exact) mass is 243 g/mol. The predicted molar refractivity (Wildman–Crippen MR) is 60.3 cm³/mol. The number of aryl methyl sites for hydroxylation is 1. The van der Waals surface area contributed by atoms with Crippen LogP contribution in [-0.2, 0) is 17.3 Å². The highest BCUT2D eigenvalue weighted by atomic mass is 32.2. The number of rotatable bonds is 5. The number of nitrogens with zero attached hydrogens (tertiary/aromatic N) is 1. The van der Waals surface area contributed by atoms with Crippen molar-refractivity contribution in [2.75, 3.05) is 12.0 Å². The van der Waals surface area contributed by atoms with Crippen molar-refractivity contribution in [3.8, 4) is 0 Å². The van der Waals surface area contributed by atoms with Gasteiger partial charge in [-0.2, -0.15) is 0 Å². The van der Waals surface area contributed by atoms with Crippen molar-refractivity contribution in [1.82, 2.24) is 4.57 Å². The van der Waals surface area contributed by atoms with Gasteiger partial charge in [0.15, 0.2) is 5.78 Å². The van der Waals surface area contributed by atoms with Crippen molar-refractivity contribution in [3.63, 3.8) is 0 Å². The maximum atomic E-state index is 11.1. The lowest BCUT2D eigenvalue weighted by Crippen LogP contribution is -2.11. The topological polar surface area (TPSA) is 76.4 Å². The molecule has 0 fully saturated rings. The van der Waals surface area contributed by atoms with Gasteiger partial charge in [0, 0.05) is 41.1 Å². The van der Waals surface area contributed by atoms with E-state index < -0.39 is 16.8 Å². The van der Waals surface area contributed by atoms with Gasteiger partial charge in [0.05, 0.1) is 0 Å². The molecular weight excluding hydrogens is 230 g/mol. The van der Waals surface area contributed by atoms with E-state index in [-0.39, 0.29) is 11.5 Å². The summed E-state index contributed by atoms with van der Waals surface area (Å²) in [5, 5.41) is 8.92. The fraction of sp³-hybridized carbons (Fsp3) is 0.400. The molecule has 0 spiro atoms. The average Bonchev–Trinajstić information content (AvgIpc) is 2.58. The van der Waals surface area contributed by atoms with Crippen molar-refractivity contribution in [3.05, 3.63) is 23.5 Å². The molecule has 0 amide bonds. The maximum Gasteiger partial charge on any atom is 0.352 e. The number of aromatic carboxylic acids is 1. The standard InChI is InChI=1S/C10H13NO4S/c1-7(12)8-5-9(10(13)14)11(6-8)3-4-16(2)15/h5-6H,3-4H2,1-2H3,(H,13,14). The third kappa shape index (κ3) is 3.03. The summed E-state index contributed by atoms with van der Waals surface area (Å²) in [7, 11) is -0.988. The lowest BCUT2D eigenvalue weighted by Gasteiger charge is -2.03. The lowest BCUT2D eigenvalue weighted by molar-refractivity contribution is 0.0685. The molecule has 88 valence electrons. The van der Waals surface area contributed by atoms with Gasteiger partial charge in [-0.1, -0.05) is 0 Å². The molecule has 16 heavy (non-hydrogen) atoms. The maximum absolute atomic E-state index is 11.1. The fourth-order valence-corrected chi connectivity index (χ4v) is 1.75. The largest absolute Gasteiger partial charge is 0.477 e. The van der Waals surface area contributed by atoms with Crippen LogP contribution in [0.1, 0.15) is 27.8 Å². The van der Waals surface area contributed by atoms with Crippen LogP contribution in [0.4, 0.5) is 0 Å². The van der Waals surface area contributed by atoms with E-state index in [1.165, 1.54) is 23.8 Å². The molecule has 0 aliphatic heterocycles. The molecule has 5 nitrogen and oxygen atoms in total. The van der Waals surface area contributed by atoms with Crippen molar-refractivity contribution in [2.45, 2.75) is 13.5 Å². The van der Waals surface area contributed by atoms with Gasteiger partial charge in [-0.05, 0) is 13.0 Å². The summed E-state index contributed by atoms with van der Waals surface area (Å²) in [6, 6.07) is 1.34. The van der Waals surface area contributed by atoms with Crippen LogP contribution < -0.4 is 0 Å². The van der Waals surface area contributed by atoms with Crippen LogP contribution in [0.5, 0.6) is 0 Å². The van der Waals surface area contributed by atoms with E-state index in [2.05, 4.69) is 0 Å². The quantitative estimate of drug-likeness (QED) is 0.775. The van der Waals surface area contributed by atoms with Crippen molar-refractivity contribution >= 4 is 22.6 Å². The number of hydrogen-bond acceptors (Lipinski definition) is 3. The zero-order valence-corrected chi connectivity index (χ0v) is 9.91. The molecule has 1 rings (SSSR count). The number of carboxylic acid groups (broad SMARTS) is 1. The first-order valence-electron chi connectivity index (χ1n) is 4.66. The third-order valence-corrected chi connectivity index (χ3v) is 2.90. The van der Waals surface area contributed by atoms with E-state index in [1.54, 1.807) is 6.26 Å². The molecule has 1 aromatic rings. The molecule has 6 heteroatoms. The Morgan fingerprint density at radius 1 is 1.50 bits per heavy atom. The predicted octanol–water partition coefficient (Wildman–Crippen LogP) is 0.767.